The number of thioether (sulfide) groups is 1. The van der Waals surface area contributed by atoms with Gasteiger partial charge < -0.3 is 9.88 Å². The highest BCUT2D eigenvalue weighted by molar-refractivity contribution is 7.98. The summed E-state index contributed by atoms with van der Waals surface area (Å²) in [6, 6.07) is 10.3. The number of carbonyl (C=O) groups excluding carboxylic acids is 1. The molecule has 0 atom stereocenters. The maximum Gasteiger partial charge on any atom is 0.220 e. The van der Waals surface area contributed by atoms with Gasteiger partial charge in [0.05, 0.1) is 6.33 Å². The topological polar surface area (TPSA) is 46.9 Å². The molecular weight excluding hydrogens is 282 g/mol. The summed E-state index contributed by atoms with van der Waals surface area (Å²) < 4.78 is 2.02. The third-order valence-electron chi connectivity index (χ3n) is 3.06. The van der Waals surface area contributed by atoms with Crippen LogP contribution < -0.4 is 5.32 Å². The van der Waals surface area contributed by atoms with E-state index in [1.165, 1.54) is 5.56 Å². The highest BCUT2D eigenvalue weighted by Gasteiger charge is 2.01. The Bertz CT molecular complexity index is 514. The van der Waals surface area contributed by atoms with Crippen molar-refractivity contribution in [2.24, 2.45) is 0 Å². The van der Waals surface area contributed by atoms with Crippen LogP contribution in [0.1, 0.15) is 18.4 Å². The summed E-state index contributed by atoms with van der Waals surface area (Å²) in [4.78, 5) is 15.7. The molecule has 0 radical (unpaired) electrons. The second-order valence-electron chi connectivity index (χ2n) is 4.79. The van der Waals surface area contributed by atoms with Crippen LogP contribution in [0.25, 0.3) is 0 Å². The first-order valence-electron chi connectivity index (χ1n) is 7.19. The second kappa shape index (κ2) is 9.23. The quantitative estimate of drug-likeness (QED) is 0.725. The zero-order valence-electron chi connectivity index (χ0n) is 12.1. The Morgan fingerprint density at radius 1 is 1.29 bits per heavy atom. The number of hydrogen-bond acceptors (Lipinski definition) is 3. The predicted octanol–water partition coefficient (Wildman–Crippen LogP) is 2.71. The highest BCUT2D eigenvalue weighted by atomic mass is 32.2. The summed E-state index contributed by atoms with van der Waals surface area (Å²) in [6.07, 6.45) is 7.01. The summed E-state index contributed by atoms with van der Waals surface area (Å²) in [6.45, 7) is 1.61. The number of benzene rings is 1. The van der Waals surface area contributed by atoms with Gasteiger partial charge in [-0.25, -0.2) is 4.98 Å². The number of aromatic nitrogens is 2. The van der Waals surface area contributed by atoms with Gasteiger partial charge in [-0.15, -0.1) is 0 Å². The molecule has 0 saturated carbocycles. The minimum absolute atomic E-state index is 0.140. The molecule has 0 bridgehead atoms. The molecule has 0 fully saturated rings. The first-order valence-corrected chi connectivity index (χ1v) is 8.34. The Balaban J connectivity index is 1.48. The third kappa shape index (κ3) is 6.49. The van der Waals surface area contributed by atoms with E-state index >= 15 is 0 Å². The molecule has 0 aliphatic rings. The van der Waals surface area contributed by atoms with Crippen molar-refractivity contribution in [2.45, 2.75) is 25.1 Å². The van der Waals surface area contributed by atoms with Crippen molar-refractivity contribution in [3.05, 3.63) is 54.6 Å². The Morgan fingerprint density at radius 2 is 2.14 bits per heavy atom. The van der Waals surface area contributed by atoms with E-state index in [9.17, 15) is 4.79 Å². The van der Waals surface area contributed by atoms with Crippen LogP contribution >= 0.6 is 11.8 Å². The van der Waals surface area contributed by atoms with Crippen molar-refractivity contribution >= 4 is 17.7 Å². The first-order chi connectivity index (χ1) is 10.3. The van der Waals surface area contributed by atoms with E-state index in [1.54, 1.807) is 24.3 Å². The minimum atomic E-state index is 0.140. The summed E-state index contributed by atoms with van der Waals surface area (Å²) in [5.41, 5.74) is 1.31. The van der Waals surface area contributed by atoms with Crippen LogP contribution in [0.5, 0.6) is 0 Å². The van der Waals surface area contributed by atoms with Gasteiger partial charge in [0.1, 0.15) is 0 Å². The van der Waals surface area contributed by atoms with Crippen LogP contribution in [0.4, 0.5) is 0 Å². The van der Waals surface area contributed by atoms with Gasteiger partial charge in [-0.05, 0) is 12.0 Å². The van der Waals surface area contributed by atoms with Crippen LogP contribution in [-0.4, -0.2) is 27.8 Å². The number of carbonyl (C=O) groups is 1. The number of nitrogens with one attached hydrogen (secondary N) is 1. The lowest BCUT2D eigenvalue weighted by molar-refractivity contribution is -0.120. The molecule has 112 valence electrons. The van der Waals surface area contributed by atoms with Gasteiger partial charge in [-0.2, -0.15) is 11.8 Å². The smallest absolute Gasteiger partial charge is 0.220 e. The van der Waals surface area contributed by atoms with Crippen LogP contribution in [0.2, 0.25) is 0 Å². The van der Waals surface area contributed by atoms with E-state index in [0.29, 0.717) is 6.42 Å². The molecule has 5 heteroatoms. The van der Waals surface area contributed by atoms with E-state index in [4.69, 9.17) is 0 Å². The molecule has 1 aromatic heterocycles. The predicted molar refractivity (Wildman–Crippen MR) is 87.1 cm³/mol. The van der Waals surface area contributed by atoms with Gasteiger partial charge in [0.15, 0.2) is 0 Å². The average Bonchev–Trinajstić information content (AvgIpc) is 3.02. The number of rotatable bonds is 9. The monoisotopic (exact) mass is 303 g/mol. The number of nitrogens with zero attached hydrogens (tertiary/aromatic N) is 2. The summed E-state index contributed by atoms with van der Waals surface area (Å²) in [5, 5.41) is 2.96. The van der Waals surface area contributed by atoms with Crippen molar-refractivity contribution in [3.63, 3.8) is 0 Å². The Labute approximate surface area is 130 Å². The van der Waals surface area contributed by atoms with Crippen molar-refractivity contribution in [3.8, 4) is 0 Å². The van der Waals surface area contributed by atoms with E-state index < -0.39 is 0 Å². The van der Waals surface area contributed by atoms with Crippen molar-refractivity contribution in [2.75, 3.05) is 12.3 Å². The fourth-order valence-electron chi connectivity index (χ4n) is 1.93. The van der Waals surface area contributed by atoms with E-state index in [2.05, 4.69) is 22.4 Å². The lowest BCUT2D eigenvalue weighted by atomic mass is 10.2. The molecule has 0 aliphatic heterocycles. The molecule has 1 amide bonds. The SMILES string of the molecule is O=C(CCSCc1ccccc1)NCCCn1ccnc1. The Kier molecular flexibility index (Phi) is 6.88. The molecule has 0 spiro atoms. The highest BCUT2D eigenvalue weighted by Crippen LogP contribution is 2.12. The van der Waals surface area contributed by atoms with Gasteiger partial charge in [-0.1, -0.05) is 30.3 Å². The van der Waals surface area contributed by atoms with Crippen molar-refractivity contribution in [1.82, 2.24) is 14.9 Å². The Hall–Kier alpha value is -1.75. The maximum atomic E-state index is 11.7. The Morgan fingerprint density at radius 3 is 2.90 bits per heavy atom. The minimum Gasteiger partial charge on any atom is -0.356 e. The van der Waals surface area contributed by atoms with Gasteiger partial charge in [0.25, 0.3) is 0 Å². The molecule has 2 aromatic rings. The van der Waals surface area contributed by atoms with Crippen LogP contribution in [0.15, 0.2) is 49.1 Å². The van der Waals surface area contributed by atoms with Crippen molar-refractivity contribution < 1.29 is 4.79 Å². The number of aryl methyl sites for hydroxylation is 1. The molecular formula is C16H21N3OS. The number of amides is 1. The molecule has 0 aliphatic carbocycles. The van der Waals surface area contributed by atoms with E-state index in [1.807, 2.05) is 29.0 Å². The second-order valence-corrected chi connectivity index (χ2v) is 5.90. The summed E-state index contributed by atoms with van der Waals surface area (Å²) >= 11 is 1.80. The molecule has 0 unspecified atom stereocenters. The fourth-order valence-corrected chi connectivity index (χ4v) is 2.83. The lowest BCUT2D eigenvalue weighted by Gasteiger charge is -2.06. The molecule has 1 N–H and O–H groups in total. The van der Waals surface area contributed by atoms with Gasteiger partial charge >= 0.3 is 0 Å². The summed E-state index contributed by atoms with van der Waals surface area (Å²) in [5.74, 6) is 1.97. The molecule has 2 rings (SSSR count). The molecule has 21 heavy (non-hydrogen) atoms. The van der Waals surface area contributed by atoms with Gasteiger partial charge in [0, 0.05) is 43.4 Å². The van der Waals surface area contributed by atoms with Crippen molar-refractivity contribution in [1.29, 1.82) is 0 Å². The molecule has 4 nitrogen and oxygen atoms in total. The van der Waals surface area contributed by atoms with Crippen LogP contribution in [0.3, 0.4) is 0 Å². The zero-order chi connectivity index (χ0) is 14.8. The number of hydrogen-bond donors (Lipinski definition) is 1. The van der Waals surface area contributed by atoms with Crippen LogP contribution in [0, 0.1) is 0 Å². The fraction of sp³-hybridized carbons (Fsp3) is 0.375. The molecule has 0 saturated heterocycles. The maximum absolute atomic E-state index is 11.7. The molecule has 1 heterocycles. The van der Waals surface area contributed by atoms with E-state index in [-0.39, 0.29) is 5.91 Å². The van der Waals surface area contributed by atoms with Gasteiger partial charge in [-0.3, -0.25) is 4.79 Å². The largest absolute Gasteiger partial charge is 0.356 e. The first kappa shape index (κ1) is 15.6. The third-order valence-corrected chi connectivity index (χ3v) is 4.09. The normalized spacial score (nSPS) is 10.5. The lowest BCUT2D eigenvalue weighted by Crippen LogP contribution is -2.25. The number of imidazole rings is 1. The molecule has 1 aromatic carbocycles. The standard InChI is InChI=1S/C16H21N3OS/c20-16(18-8-4-10-19-11-9-17-14-19)7-12-21-13-15-5-2-1-3-6-15/h1-3,5-6,9,11,14H,4,7-8,10,12-13H2,(H,18,20). The van der Waals surface area contributed by atoms with Crippen LogP contribution in [-0.2, 0) is 17.1 Å². The van der Waals surface area contributed by atoms with E-state index in [0.717, 1.165) is 31.0 Å². The average molecular weight is 303 g/mol. The summed E-state index contributed by atoms with van der Waals surface area (Å²) in [7, 11) is 0. The van der Waals surface area contributed by atoms with Gasteiger partial charge in [0.2, 0.25) is 5.91 Å². The zero-order valence-corrected chi connectivity index (χ0v) is 12.9.